The number of hydrogen-bond donors (Lipinski definition) is 2. The third-order valence-corrected chi connectivity index (χ3v) is 3.19. The summed E-state index contributed by atoms with van der Waals surface area (Å²) in [5.74, 6) is 0. The minimum atomic E-state index is -1.40. The quantitative estimate of drug-likeness (QED) is 0.764. The van der Waals surface area contributed by atoms with Crippen LogP contribution in [-0.4, -0.2) is 17.2 Å². The minimum absolute atomic E-state index is 0.571. The summed E-state index contributed by atoms with van der Waals surface area (Å²) in [5.41, 5.74) is 4.87. The molecule has 0 bridgehead atoms. The monoisotopic (exact) mass is 226 g/mol. The van der Waals surface area contributed by atoms with Crippen molar-refractivity contribution in [3.05, 3.63) is 53.6 Å². The molecular formula is C14H15BO2. The van der Waals surface area contributed by atoms with E-state index < -0.39 is 7.12 Å². The summed E-state index contributed by atoms with van der Waals surface area (Å²) < 4.78 is 0. The highest BCUT2D eigenvalue weighted by molar-refractivity contribution is 6.59. The van der Waals surface area contributed by atoms with Crippen LogP contribution in [0.3, 0.4) is 0 Å². The molecule has 0 amide bonds. The zero-order chi connectivity index (χ0) is 12.4. The van der Waals surface area contributed by atoms with Crippen LogP contribution in [-0.2, 0) is 0 Å². The molecule has 86 valence electrons. The van der Waals surface area contributed by atoms with Crippen molar-refractivity contribution in [3.63, 3.8) is 0 Å². The Morgan fingerprint density at radius 3 is 2.06 bits per heavy atom. The largest absolute Gasteiger partial charge is 0.488 e. The summed E-state index contributed by atoms with van der Waals surface area (Å²) in [4.78, 5) is 0. The predicted molar refractivity (Wildman–Crippen MR) is 71.2 cm³/mol. The van der Waals surface area contributed by atoms with Crippen molar-refractivity contribution in [2.24, 2.45) is 0 Å². The molecule has 0 aromatic heterocycles. The fraction of sp³-hybridized carbons (Fsp3) is 0.143. The number of rotatable bonds is 2. The second kappa shape index (κ2) is 4.74. The Morgan fingerprint density at radius 1 is 0.824 bits per heavy atom. The van der Waals surface area contributed by atoms with E-state index in [0.29, 0.717) is 5.46 Å². The molecule has 0 fully saturated rings. The lowest BCUT2D eigenvalue weighted by Crippen LogP contribution is -2.32. The van der Waals surface area contributed by atoms with Crippen molar-refractivity contribution < 1.29 is 10.0 Å². The second-order valence-electron chi connectivity index (χ2n) is 4.19. The van der Waals surface area contributed by atoms with Crippen LogP contribution in [0.4, 0.5) is 0 Å². The van der Waals surface area contributed by atoms with Gasteiger partial charge in [-0.15, -0.1) is 0 Å². The third kappa shape index (κ3) is 2.26. The Labute approximate surface area is 102 Å². The zero-order valence-electron chi connectivity index (χ0n) is 10.0. The Balaban J connectivity index is 2.56. The summed E-state index contributed by atoms with van der Waals surface area (Å²) in [6, 6.07) is 13.8. The van der Waals surface area contributed by atoms with E-state index in [2.05, 4.69) is 12.1 Å². The molecule has 0 aliphatic carbocycles. The molecular weight excluding hydrogens is 211 g/mol. The number of hydrogen-bond acceptors (Lipinski definition) is 2. The molecule has 0 aliphatic heterocycles. The van der Waals surface area contributed by atoms with Gasteiger partial charge in [0.15, 0.2) is 0 Å². The van der Waals surface area contributed by atoms with Crippen molar-refractivity contribution in [2.75, 3.05) is 0 Å². The maximum atomic E-state index is 9.25. The van der Waals surface area contributed by atoms with Crippen molar-refractivity contribution >= 4 is 12.6 Å². The Bertz CT molecular complexity index is 521. The van der Waals surface area contributed by atoms with Gasteiger partial charge in [-0.3, -0.25) is 0 Å². The van der Waals surface area contributed by atoms with E-state index in [1.807, 2.05) is 38.1 Å². The van der Waals surface area contributed by atoms with Gasteiger partial charge in [0, 0.05) is 0 Å². The first-order chi connectivity index (χ1) is 8.11. The zero-order valence-corrected chi connectivity index (χ0v) is 10.0. The molecule has 2 rings (SSSR count). The molecule has 0 unspecified atom stereocenters. The molecule has 0 aliphatic rings. The van der Waals surface area contributed by atoms with Gasteiger partial charge in [0.05, 0.1) is 0 Å². The minimum Gasteiger partial charge on any atom is -0.423 e. The van der Waals surface area contributed by atoms with Crippen molar-refractivity contribution in [1.82, 2.24) is 0 Å². The van der Waals surface area contributed by atoms with Gasteiger partial charge >= 0.3 is 7.12 Å². The molecule has 0 heterocycles. The topological polar surface area (TPSA) is 40.5 Å². The highest BCUT2D eigenvalue weighted by Crippen LogP contribution is 2.24. The van der Waals surface area contributed by atoms with Crippen LogP contribution < -0.4 is 5.46 Å². The summed E-state index contributed by atoms with van der Waals surface area (Å²) in [5, 5.41) is 18.5. The molecule has 3 heteroatoms. The van der Waals surface area contributed by atoms with Gasteiger partial charge < -0.3 is 10.0 Å². The van der Waals surface area contributed by atoms with E-state index in [9.17, 15) is 10.0 Å². The van der Waals surface area contributed by atoms with E-state index in [1.165, 1.54) is 0 Å². The third-order valence-electron chi connectivity index (χ3n) is 3.19. The Morgan fingerprint density at radius 2 is 1.47 bits per heavy atom. The molecule has 0 saturated heterocycles. The summed E-state index contributed by atoms with van der Waals surface area (Å²) in [6.07, 6.45) is 0. The van der Waals surface area contributed by atoms with Crippen molar-refractivity contribution in [3.8, 4) is 11.1 Å². The normalized spacial score (nSPS) is 10.4. The average Bonchev–Trinajstić information content (AvgIpc) is 2.33. The molecule has 0 saturated carbocycles. The molecule has 0 radical (unpaired) electrons. The first-order valence-electron chi connectivity index (χ1n) is 5.63. The molecule has 2 aromatic carbocycles. The fourth-order valence-electron chi connectivity index (χ4n) is 2.05. The lowest BCUT2D eigenvalue weighted by molar-refractivity contribution is 0.425. The van der Waals surface area contributed by atoms with Gasteiger partial charge in [0.1, 0.15) is 0 Å². The average molecular weight is 226 g/mol. The SMILES string of the molecule is Cc1c(B(O)O)ccc(-c2ccccc2)c1C. The van der Waals surface area contributed by atoms with Gasteiger partial charge in [-0.25, -0.2) is 0 Å². The van der Waals surface area contributed by atoms with Gasteiger partial charge in [-0.1, -0.05) is 42.5 Å². The van der Waals surface area contributed by atoms with E-state index in [4.69, 9.17) is 0 Å². The highest BCUT2D eigenvalue weighted by atomic mass is 16.4. The maximum absolute atomic E-state index is 9.25. The van der Waals surface area contributed by atoms with Gasteiger partial charge in [0.2, 0.25) is 0 Å². The van der Waals surface area contributed by atoms with Crippen LogP contribution in [0.1, 0.15) is 11.1 Å². The van der Waals surface area contributed by atoms with Crippen LogP contribution in [0.5, 0.6) is 0 Å². The first-order valence-corrected chi connectivity index (χ1v) is 5.63. The number of benzene rings is 2. The van der Waals surface area contributed by atoms with Gasteiger partial charge in [-0.2, -0.15) is 0 Å². The predicted octanol–water partition coefficient (Wildman–Crippen LogP) is 1.65. The standard InChI is InChI=1S/C14H15BO2/c1-10-11(2)14(15(16)17)9-8-13(10)12-6-4-3-5-7-12/h3-9,16-17H,1-2H3. The first kappa shape index (κ1) is 11.9. The van der Waals surface area contributed by atoms with E-state index in [0.717, 1.165) is 22.3 Å². The van der Waals surface area contributed by atoms with Crippen molar-refractivity contribution in [2.45, 2.75) is 13.8 Å². The lowest BCUT2D eigenvalue weighted by Gasteiger charge is -2.13. The maximum Gasteiger partial charge on any atom is 0.488 e. The molecule has 17 heavy (non-hydrogen) atoms. The Hall–Kier alpha value is -1.58. The highest BCUT2D eigenvalue weighted by Gasteiger charge is 2.16. The summed E-state index contributed by atoms with van der Waals surface area (Å²) in [7, 11) is -1.40. The lowest BCUT2D eigenvalue weighted by atomic mass is 9.75. The molecule has 2 N–H and O–H groups in total. The second-order valence-corrected chi connectivity index (χ2v) is 4.19. The molecule has 2 aromatic rings. The summed E-state index contributed by atoms with van der Waals surface area (Å²) in [6.45, 7) is 3.92. The molecule has 0 atom stereocenters. The van der Waals surface area contributed by atoms with Gasteiger partial charge in [0.25, 0.3) is 0 Å². The van der Waals surface area contributed by atoms with Crippen LogP contribution in [0.15, 0.2) is 42.5 Å². The van der Waals surface area contributed by atoms with Crippen LogP contribution >= 0.6 is 0 Å². The van der Waals surface area contributed by atoms with Gasteiger partial charge in [-0.05, 0) is 41.6 Å². The molecule has 0 spiro atoms. The Kier molecular flexibility index (Phi) is 3.32. The van der Waals surface area contributed by atoms with E-state index in [-0.39, 0.29) is 0 Å². The van der Waals surface area contributed by atoms with Crippen molar-refractivity contribution in [1.29, 1.82) is 0 Å². The summed E-state index contributed by atoms with van der Waals surface area (Å²) >= 11 is 0. The van der Waals surface area contributed by atoms with E-state index >= 15 is 0 Å². The van der Waals surface area contributed by atoms with E-state index in [1.54, 1.807) is 6.07 Å². The van der Waals surface area contributed by atoms with Crippen LogP contribution in [0, 0.1) is 13.8 Å². The van der Waals surface area contributed by atoms with Crippen LogP contribution in [0.25, 0.3) is 11.1 Å². The fourth-order valence-corrected chi connectivity index (χ4v) is 2.05. The smallest absolute Gasteiger partial charge is 0.423 e. The molecule has 2 nitrogen and oxygen atoms in total. The van der Waals surface area contributed by atoms with Crippen LogP contribution in [0.2, 0.25) is 0 Å².